The van der Waals surface area contributed by atoms with Crippen molar-refractivity contribution in [1.82, 2.24) is 15.5 Å². The molecule has 3 aromatic rings. The molecule has 0 aliphatic heterocycles. The van der Waals surface area contributed by atoms with E-state index in [9.17, 15) is 9.18 Å². The summed E-state index contributed by atoms with van der Waals surface area (Å²) >= 11 is 0. The Labute approximate surface area is 143 Å². The summed E-state index contributed by atoms with van der Waals surface area (Å²) in [5, 5.41) is 10.7. The zero-order chi connectivity index (χ0) is 17.6. The number of nitrogens with one attached hydrogen (secondary N) is 1. The van der Waals surface area contributed by atoms with Gasteiger partial charge in [-0.25, -0.2) is 4.39 Å². The second-order valence-corrected chi connectivity index (χ2v) is 5.22. The zero-order valence-electron chi connectivity index (χ0n) is 13.5. The first-order valence-electron chi connectivity index (χ1n) is 7.67. The predicted octanol–water partition coefficient (Wildman–Crippen LogP) is 2.86. The van der Waals surface area contributed by atoms with Crippen LogP contribution in [0.1, 0.15) is 16.2 Å². The maximum atomic E-state index is 13.1. The van der Waals surface area contributed by atoms with Crippen LogP contribution in [0.2, 0.25) is 0 Å². The number of ether oxygens (including phenoxy) is 1. The lowest BCUT2D eigenvalue weighted by atomic mass is 10.2. The van der Waals surface area contributed by atoms with Crippen LogP contribution in [0, 0.1) is 5.82 Å². The quantitative estimate of drug-likeness (QED) is 0.746. The third-order valence-electron chi connectivity index (χ3n) is 3.52. The Morgan fingerprint density at radius 1 is 1.20 bits per heavy atom. The highest BCUT2D eigenvalue weighted by molar-refractivity contribution is 5.94. The molecule has 0 atom stereocenters. The lowest BCUT2D eigenvalue weighted by Gasteiger charge is -2.04. The van der Waals surface area contributed by atoms with E-state index in [2.05, 4.69) is 15.5 Å². The van der Waals surface area contributed by atoms with E-state index in [0.29, 0.717) is 36.1 Å². The summed E-state index contributed by atoms with van der Waals surface area (Å²) in [6.07, 6.45) is 0.364. The summed E-state index contributed by atoms with van der Waals surface area (Å²) in [7, 11) is 1.57. The number of carbonyl (C=O) groups excluding carboxylic acids is 1. The maximum Gasteiger partial charge on any atom is 0.251 e. The van der Waals surface area contributed by atoms with Gasteiger partial charge in [0.2, 0.25) is 5.89 Å². The third-order valence-corrected chi connectivity index (χ3v) is 3.52. The standard InChI is InChI=1S/C18H16FN3O3/c1-24-15-8-3-2-7-14(15)18-22-21-16(25-18)9-10-20-17(23)12-5-4-6-13(19)11-12/h2-8,11H,9-10H2,1H3,(H,20,23). The van der Waals surface area contributed by atoms with Gasteiger partial charge in [-0.3, -0.25) is 4.79 Å². The molecule has 0 unspecified atom stereocenters. The maximum absolute atomic E-state index is 13.1. The van der Waals surface area contributed by atoms with Gasteiger partial charge in [0, 0.05) is 18.5 Å². The highest BCUT2D eigenvalue weighted by Gasteiger charge is 2.13. The normalized spacial score (nSPS) is 10.5. The minimum atomic E-state index is -0.453. The van der Waals surface area contributed by atoms with Crippen LogP contribution in [-0.4, -0.2) is 29.8 Å². The molecule has 0 fully saturated rings. The number of nitrogens with zero attached hydrogens (tertiary/aromatic N) is 2. The van der Waals surface area contributed by atoms with Crippen molar-refractivity contribution in [2.45, 2.75) is 6.42 Å². The largest absolute Gasteiger partial charge is 0.496 e. The average Bonchev–Trinajstić information content (AvgIpc) is 3.10. The molecule has 6 nitrogen and oxygen atoms in total. The number of para-hydroxylation sites is 1. The molecule has 0 bridgehead atoms. The van der Waals surface area contributed by atoms with Crippen LogP contribution in [0.5, 0.6) is 5.75 Å². The fourth-order valence-electron chi connectivity index (χ4n) is 2.30. The van der Waals surface area contributed by atoms with Gasteiger partial charge in [0.05, 0.1) is 12.7 Å². The minimum absolute atomic E-state index is 0.264. The summed E-state index contributed by atoms with van der Waals surface area (Å²) in [5.41, 5.74) is 0.966. The number of carbonyl (C=O) groups is 1. The molecule has 1 heterocycles. The number of hydrogen-bond acceptors (Lipinski definition) is 5. The summed E-state index contributed by atoms with van der Waals surface area (Å²) in [6, 6.07) is 12.8. The van der Waals surface area contributed by atoms with Crippen molar-refractivity contribution in [3.63, 3.8) is 0 Å². The molecule has 1 N–H and O–H groups in total. The highest BCUT2D eigenvalue weighted by atomic mass is 19.1. The molecule has 3 rings (SSSR count). The van der Waals surface area contributed by atoms with E-state index in [4.69, 9.17) is 9.15 Å². The Morgan fingerprint density at radius 3 is 2.84 bits per heavy atom. The lowest BCUT2D eigenvalue weighted by Crippen LogP contribution is -2.25. The van der Waals surface area contributed by atoms with E-state index in [-0.39, 0.29) is 11.5 Å². The molecule has 1 aromatic heterocycles. The van der Waals surface area contributed by atoms with Gasteiger partial charge in [-0.2, -0.15) is 0 Å². The number of amides is 1. The fraction of sp³-hybridized carbons (Fsp3) is 0.167. The van der Waals surface area contributed by atoms with Crippen molar-refractivity contribution in [2.24, 2.45) is 0 Å². The average molecular weight is 341 g/mol. The van der Waals surface area contributed by atoms with Gasteiger partial charge >= 0.3 is 0 Å². The van der Waals surface area contributed by atoms with Crippen molar-refractivity contribution in [2.75, 3.05) is 13.7 Å². The summed E-state index contributed by atoms with van der Waals surface area (Å²) in [6.45, 7) is 0.295. The molecule has 0 aliphatic carbocycles. The van der Waals surface area contributed by atoms with Gasteiger partial charge in [-0.1, -0.05) is 18.2 Å². The van der Waals surface area contributed by atoms with Gasteiger partial charge in [-0.15, -0.1) is 10.2 Å². The van der Waals surface area contributed by atoms with Gasteiger partial charge in [-0.05, 0) is 30.3 Å². The molecule has 0 saturated heterocycles. The van der Waals surface area contributed by atoms with Crippen molar-refractivity contribution in [3.05, 3.63) is 65.8 Å². The Kier molecular flexibility index (Phi) is 5.03. The predicted molar refractivity (Wildman–Crippen MR) is 88.7 cm³/mol. The van der Waals surface area contributed by atoms with E-state index in [0.717, 1.165) is 0 Å². The van der Waals surface area contributed by atoms with Crippen LogP contribution in [-0.2, 0) is 6.42 Å². The molecule has 0 spiro atoms. The van der Waals surface area contributed by atoms with Gasteiger partial charge < -0.3 is 14.5 Å². The SMILES string of the molecule is COc1ccccc1-c1nnc(CCNC(=O)c2cccc(F)c2)o1. The molecule has 1 amide bonds. The summed E-state index contributed by atoms with van der Waals surface area (Å²) < 4.78 is 24.0. The number of aromatic nitrogens is 2. The van der Waals surface area contributed by atoms with E-state index >= 15 is 0 Å². The molecule has 7 heteroatoms. The Morgan fingerprint density at radius 2 is 2.04 bits per heavy atom. The van der Waals surface area contributed by atoms with Crippen LogP contribution in [0.25, 0.3) is 11.5 Å². The Hall–Kier alpha value is -3.22. The second-order valence-electron chi connectivity index (χ2n) is 5.22. The van der Waals surface area contributed by atoms with E-state index in [1.807, 2.05) is 18.2 Å². The van der Waals surface area contributed by atoms with Crippen molar-refractivity contribution >= 4 is 5.91 Å². The Bertz CT molecular complexity index is 879. The monoisotopic (exact) mass is 341 g/mol. The Balaban J connectivity index is 1.60. The first-order chi connectivity index (χ1) is 12.2. The second kappa shape index (κ2) is 7.57. The molecule has 0 radical (unpaired) electrons. The van der Waals surface area contributed by atoms with Crippen LogP contribution >= 0.6 is 0 Å². The molecule has 0 aliphatic rings. The summed E-state index contributed by atoms with van der Waals surface area (Å²) in [5.74, 6) is 0.566. The molecular weight excluding hydrogens is 325 g/mol. The number of rotatable bonds is 6. The van der Waals surface area contributed by atoms with E-state index in [1.54, 1.807) is 19.2 Å². The minimum Gasteiger partial charge on any atom is -0.496 e. The number of hydrogen-bond donors (Lipinski definition) is 1. The van der Waals surface area contributed by atoms with Crippen LogP contribution < -0.4 is 10.1 Å². The smallest absolute Gasteiger partial charge is 0.251 e. The fourth-order valence-corrected chi connectivity index (χ4v) is 2.30. The summed E-state index contributed by atoms with van der Waals surface area (Å²) in [4.78, 5) is 11.9. The highest BCUT2D eigenvalue weighted by Crippen LogP contribution is 2.28. The number of methoxy groups -OCH3 is 1. The topological polar surface area (TPSA) is 77.3 Å². The van der Waals surface area contributed by atoms with E-state index < -0.39 is 5.82 Å². The first kappa shape index (κ1) is 16.6. The molecule has 2 aromatic carbocycles. The molecule has 25 heavy (non-hydrogen) atoms. The third kappa shape index (κ3) is 4.00. The van der Waals surface area contributed by atoms with Gasteiger partial charge in [0.15, 0.2) is 0 Å². The van der Waals surface area contributed by atoms with Crippen LogP contribution in [0.15, 0.2) is 52.9 Å². The van der Waals surface area contributed by atoms with Gasteiger partial charge in [0.1, 0.15) is 11.6 Å². The lowest BCUT2D eigenvalue weighted by molar-refractivity contribution is 0.0953. The first-order valence-corrected chi connectivity index (χ1v) is 7.67. The zero-order valence-corrected chi connectivity index (χ0v) is 13.5. The van der Waals surface area contributed by atoms with Crippen molar-refractivity contribution in [3.8, 4) is 17.2 Å². The molecular formula is C18H16FN3O3. The van der Waals surface area contributed by atoms with Crippen molar-refractivity contribution in [1.29, 1.82) is 0 Å². The van der Waals surface area contributed by atoms with E-state index in [1.165, 1.54) is 18.2 Å². The van der Waals surface area contributed by atoms with Crippen LogP contribution in [0.4, 0.5) is 4.39 Å². The van der Waals surface area contributed by atoms with Gasteiger partial charge in [0.25, 0.3) is 11.8 Å². The molecule has 128 valence electrons. The number of halogens is 1. The number of benzene rings is 2. The molecule has 0 saturated carbocycles. The van der Waals surface area contributed by atoms with Crippen LogP contribution in [0.3, 0.4) is 0 Å². The van der Waals surface area contributed by atoms with Crippen molar-refractivity contribution < 1.29 is 18.3 Å².